The first-order valence-corrected chi connectivity index (χ1v) is 12.1. The van der Waals surface area contributed by atoms with Crippen molar-refractivity contribution in [1.29, 1.82) is 0 Å². The van der Waals surface area contributed by atoms with Gasteiger partial charge in [0.2, 0.25) is 10.0 Å². The van der Waals surface area contributed by atoms with E-state index >= 15 is 0 Å². The summed E-state index contributed by atoms with van der Waals surface area (Å²) in [5.74, 6) is -0.128. The van der Waals surface area contributed by atoms with E-state index in [1.807, 2.05) is 6.07 Å². The van der Waals surface area contributed by atoms with Crippen molar-refractivity contribution in [3.8, 4) is 0 Å². The van der Waals surface area contributed by atoms with Gasteiger partial charge in [-0.25, -0.2) is 13.1 Å². The van der Waals surface area contributed by atoms with Gasteiger partial charge in [-0.05, 0) is 66.2 Å². The number of anilines is 1. The monoisotopic (exact) mass is 490 g/mol. The van der Waals surface area contributed by atoms with Gasteiger partial charge in [0, 0.05) is 35.8 Å². The molecular weight excluding hydrogens is 468 g/mol. The fraction of sp³-hybridized carbons (Fsp3) is 0.0800. The number of nitrogens with one attached hydrogen (secondary N) is 3. The average Bonchev–Trinajstić information content (AvgIpc) is 3.41. The number of nitrogens with zero attached hydrogens (tertiary/aromatic N) is 1. The predicted octanol–water partition coefficient (Wildman–Crippen LogP) is 3.34. The second-order valence-corrected chi connectivity index (χ2v) is 9.27. The molecule has 0 unspecified atom stereocenters. The van der Waals surface area contributed by atoms with Gasteiger partial charge < -0.3 is 15.1 Å². The van der Waals surface area contributed by atoms with Crippen molar-refractivity contribution in [2.45, 2.75) is 18.0 Å². The molecule has 178 valence electrons. The summed E-state index contributed by atoms with van der Waals surface area (Å²) in [4.78, 5) is 28.8. The van der Waals surface area contributed by atoms with E-state index in [1.165, 1.54) is 30.5 Å². The molecule has 3 N–H and O–H groups in total. The molecule has 35 heavy (non-hydrogen) atoms. The number of sulfonamides is 1. The van der Waals surface area contributed by atoms with Crippen molar-refractivity contribution >= 4 is 27.5 Å². The lowest BCUT2D eigenvalue weighted by Gasteiger charge is -2.10. The normalized spacial score (nSPS) is 11.1. The van der Waals surface area contributed by atoms with Crippen LogP contribution in [-0.4, -0.2) is 25.2 Å². The van der Waals surface area contributed by atoms with E-state index in [2.05, 4.69) is 20.3 Å². The van der Waals surface area contributed by atoms with Crippen molar-refractivity contribution in [2.24, 2.45) is 0 Å². The zero-order valence-electron chi connectivity index (χ0n) is 18.5. The van der Waals surface area contributed by atoms with E-state index in [-0.39, 0.29) is 29.8 Å². The van der Waals surface area contributed by atoms with Crippen molar-refractivity contribution < 1.29 is 22.4 Å². The van der Waals surface area contributed by atoms with Crippen LogP contribution in [0.5, 0.6) is 0 Å². The maximum Gasteiger partial charge on any atom is 0.255 e. The molecule has 0 bridgehead atoms. The molecule has 2 aromatic heterocycles. The first-order chi connectivity index (χ1) is 16.9. The Bertz CT molecular complexity index is 1400. The molecule has 0 aliphatic heterocycles. The van der Waals surface area contributed by atoms with Gasteiger partial charge >= 0.3 is 0 Å². The summed E-state index contributed by atoms with van der Waals surface area (Å²) in [5.41, 5.74) is 2.18. The summed E-state index contributed by atoms with van der Waals surface area (Å²) in [6, 6.07) is 19.3. The van der Waals surface area contributed by atoms with Gasteiger partial charge in [-0.3, -0.25) is 14.6 Å². The smallest absolute Gasteiger partial charge is 0.255 e. The van der Waals surface area contributed by atoms with Crippen LogP contribution in [0, 0.1) is 0 Å². The molecule has 0 radical (unpaired) electrons. The SMILES string of the molecule is O=C(NCc1cccc(NC(=O)c2ccncc2)c1)c1ccc(S(=O)(=O)NCc2ccco2)cc1. The lowest BCUT2D eigenvalue weighted by atomic mass is 10.1. The quantitative estimate of drug-likeness (QED) is 0.330. The van der Waals surface area contributed by atoms with Crippen LogP contribution < -0.4 is 15.4 Å². The summed E-state index contributed by atoms with van der Waals surface area (Å²) in [6.07, 6.45) is 4.55. The number of carbonyl (C=O) groups excluding carboxylic acids is 2. The lowest BCUT2D eigenvalue weighted by molar-refractivity contribution is 0.0949. The number of carbonyl (C=O) groups is 2. The summed E-state index contributed by atoms with van der Waals surface area (Å²) in [5, 5.41) is 5.60. The van der Waals surface area contributed by atoms with Gasteiger partial charge in [0.15, 0.2) is 0 Å². The molecular formula is C25H22N4O5S. The number of furan rings is 1. The van der Waals surface area contributed by atoms with E-state index in [1.54, 1.807) is 54.9 Å². The highest BCUT2D eigenvalue weighted by Gasteiger charge is 2.15. The van der Waals surface area contributed by atoms with E-state index in [9.17, 15) is 18.0 Å². The number of benzene rings is 2. The fourth-order valence-corrected chi connectivity index (χ4v) is 4.19. The minimum absolute atomic E-state index is 0.0274. The molecule has 4 aromatic rings. The van der Waals surface area contributed by atoms with Crippen molar-refractivity contribution in [2.75, 3.05) is 5.32 Å². The summed E-state index contributed by atoms with van der Waals surface area (Å²) in [7, 11) is -3.75. The molecule has 0 aliphatic carbocycles. The Labute approximate surface area is 202 Å². The number of rotatable bonds is 9. The van der Waals surface area contributed by atoms with Crippen LogP contribution in [0.3, 0.4) is 0 Å². The Morgan fingerprint density at radius 2 is 1.57 bits per heavy atom. The molecule has 0 spiro atoms. The first-order valence-electron chi connectivity index (χ1n) is 10.6. The molecule has 0 aliphatic rings. The van der Waals surface area contributed by atoms with Gasteiger partial charge in [-0.2, -0.15) is 0 Å². The maximum atomic E-state index is 12.5. The Morgan fingerprint density at radius 1 is 0.829 bits per heavy atom. The predicted molar refractivity (Wildman–Crippen MR) is 129 cm³/mol. The summed E-state index contributed by atoms with van der Waals surface area (Å²) >= 11 is 0. The second kappa shape index (κ2) is 10.8. The molecule has 0 saturated heterocycles. The van der Waals surface area contributed by atoms with E-state index in [4.69, 9.17) is 4.42 Å². The van der Waals surface area contributed by atoms with Gasteiger partial charge in [0.05, 0.1) is 17.7 Å². The highest BCUT2D eigenvalue weighted by Crippen LogP contribution is 2.14. The number of hydrogen-bond donors (Lipinski definition) is 3. The number of pyridine rings is 1. The van der Waals surface area contributed by atoms with Crippen LogP contribution >= 0.6 is 0 Å². The van der Waals surface area contributed by atoms with Crippen molar-refractivity contribution in [3.05, 3.63) is 114 Å². The standard InChI is InChI=1S/C25H22N4O5S/c30-24(19-6-8-23(9-7-19)35(32,33)28-17-22-5-2-14-34-22)27-16-18-3-1-4-21(15-18)29-25(31)20-10-12-26-13-11-20/h1-15,28H,16-17H2,(H,27,30)(H,29,31). The van der Waals surface area contributed by atoms with Crippen LogP contribution in [0.25, 0.3) is 0 Å². The Morgan fingerprint density at radius 3 is 2.29 bits per heavy atom. The van der Waals surface area contributed by atoms with Crippen LogP contribution in [0.15, 0.2) is 101 Å². The van der Waals surface area contributed by atoms with Crippen LogP contribution in [0.4, 0.5) is 5.69 Å². The van der Waals surface area contributed by atoms with Crippen molar-refractivity contribution in [3.63, 3.8) is 0 Å². The Balaban J connectivity index is 1.33. The molecule has 0 saturated carbocycles. The topological polar surface area (TPSA) is 130 Å². The lowest BCUT2D eigenvalue weighted by Crippen LogP contribution is -2.24. The van der Waals surface area contributed by atoms with Crippen molar-refractivity contribution in [1.82, 2.24) is 15.0 Å². The Kier molecular flexibility index (Phi) is 7.34. The van der Waals surface area contributed by atoms with E-state index in [0.717, 1.165) is 5.56 Å². The zero-order valence-corrected chi connectivity index (χ0v) is 19.3. The molecule has 2 aromatic carbocycles. The molecule has 2 amide bonds. The van der Waals surface area contributed by atoms with Crippen LogP contribution in [0.1, 0.15) is 32.0 Å². The first kappa shape index (κ1) is 23.9. The summed E-state index contributed by atoms with van der Waals surface area (Å²) in [6.45, 7) is 0.252. The number of amides is 2. The molecule has 0 atom stereocenters. The highest BCUT2D eigenvalue weighted by atomic mass is 32.2. The maximum absolute atomic E-state index is 12.5. The molecule has 4 rings (SSSR count). The molecule has 0 fully saturated rings. The molecule has 9 nitrogen and oxygen atoms in total. The number of hydrogen-bond acceptors (Lipinski definition) is 6. The van der Waals surface area contributed by atoms with E-state index in [0.29, 0.717) is 22.6 Å². The van der Waals surface area contributed by atoms with Crippen LogP contribution in [-0.2, 0) is 23.1 Å². The van der Waals surface area contributed by atoms with Gasteiger partial charge in [0.25, 0.3) is 11.8 Å². The number of aromatic nitrogens is 1. The van der Waals surface area contributed by atoms with Gasteiger partial charge in [-0.15, -0.1) is 0 Å². The van der Waals surface area contributed by atoms with Crippen LogP contribution in [0.2, 0.25) is 0 Å². The summed E-state index contributed by atoms with van der Waals surface area (Å²) < 4.78 is 32.4. The minimum atomic E-state index is -3.75. The molecule has 2 heterocycles. The molecule has 10 heteroatoms. The fourth-order valence-electron chi connectivity index (χ4n) is 3.20. The van der Waals surface area contributed by atoms with E-state index < -0.39 is 10.0 Å². The minimum Gasteiger partial charge on any atom is -0.468 e. The third kappa shape index (κ3) is 6.40. The second-order valence-electron chi connectivity index (χ2n) is 7.50. The van der Waals surface area contributed by atoms with Gasteiger partial charge in [0.1, 0.15) is 5.76 Å². The van der Waals surface area contributed by atoms with Gasteiger partial charge in [-0.1, -0.05) is 12.1 Å². The highest BCUT2D eigenvalue weighted by molar-refractivity contribution is 7.89. The average molecular weight is 491 g/mol. The third-order valence-electron chi connectivity index (χ3n) is 5.02. The zero-order chi connectivity index (χ0) is 24.7. The Hall–Kier alpha value is -4.28. The largest absolute Gasteiger partial charge is 0.468 e. The third-order valence-corrected chi connectivity index (χ3v) is 6.44.